The van der Waals surface area contributed by atoms with Gasteiger partial charge in [0.2, 0.25) is 5.91 Å². The molecule has 1 amide bonds. The standard InChI is InChI=1S/C22H24F3N7O/c1-12-20-18(31(4)14(3)21(33)28-20)9-19(27-12)26-10-15-11-32(30-29-15)13(2)16-7-5-6-8-17(16)22(23,24)25/h5-9,11,13-14H,10H2,1-4H3,(H,26,27)(H,28,33)/t13?,14-/m0/s1. The average Bonchev–Trinajstić information content (AvgIpc) is 3.25. The number of amides is 1. The molecule has 0 saturated heterocycles. The molecule has 0 bridgehead atoms. The van der Waals surface area contributed by atoms with Gasteiger partial charge in [-0.05, 0) is 32.4 Å². The highest BCUT2D eigenvalue weighted by Gasteiger charge is 2.34. The van der Waals surface area contributed by atoms with E-state index in [0.29, 0.717) is 22.9 Å². The minimum Gasteiger partial charge on any atom is -0.364 e. The lowest BCUT2D eigenvalue weighted by molar-refractivity contribution is -0.138. The highest BCUT2D eigenvalue weighted by Crippen LogP contribution is 2.36. The van der Waals surface area contributed by atoms with Gasteiger partial charge in [0, 0.05) is 13.1 Å². The van der Waals surface area contributed by atoms with Gasteiger partial charge in [0.15, 0.2) is 0 Å². The van der Waals surface area contributed by atoms with Gasteiger partial charge in [0.25, 0.3) is 0 Å². The number of nitrogens with zero attached hydrogens (tertiary/aromatic N) is 5. The SMILES string of the molecule is Cc1nc(NCc2cn(C(C)c3ccccc3C(F)(F)F)nn2)cc2c1NC(=O)[C@H](C)N2C. The molecule has 11 heteroatoms. The fourth-order valence-electron chi connectivity index (χ4n) is 3.82. The lowest BCUT2D eigenvalue weighted by atomic mass is 10.0. The van der Waals surface area contributed by atoms with Crippen LogP contribution >= 0.6 is 0 Å². The molecule has 0 radical (unpaired) electrons. The van der Waals surface area contributed by atoms with E-state index in [9.17, 15) is 18.0 Å². The van der Waals surface area contributed by atoms with Crippen molar-refractivity contribution in [2.75, 3.05) is 22.6 Å². The Hall–Kier alpha value is -3.63. The number of pyridine rings is 1. The summed E-state index contributed by atoms with van der Waals surface area (Å²) >= 11 is 0. The van der Waals surface area contributed by atoms with Crippen molar-refractivity contribution in [3.05, 3.63) is 59.0 Å². The van der Waals surface area contributed by atoms with Crippen LogP contribution in [0.1, 0.15) is 42.4 Å². The van der Waals surface area contributed by atoms with E-state index in [0.717, 1.165) is 11.8 Å². The number of benzene rings is 1. The Kier molecular flexibility index (Phi) is 5.73. The van der Waals surface area contributed by atoms with Crippen LogP contribution in [0.25, 0.3) is 0 Å². The monoisotopic (exact) mass is 459 g/mol. The molecule has 1 aliphatic heterocycles. The fourth-order valence-corrected chi connectivity index (χ4v) is 3.82. The number of anilines is 3. The van der Waals surface area contributed by atoms with E-state index < -0.39 is 17.8 Å². The molecule has 3 heterocycles. The maximum absolute atomic E-state index is 13.4. The molecule has 8 nitrogen and oxygen atoms in total. The van der Waals surface area contributed by atoms with Crippen molar-refractivity contribution < 1.29 is 18.0 Å². The lowest BCUT2D eigenvalue weighted by Crippen LogP contribution is -2.44. The number of likely N-dealkylation sites (N-methyl/N-ethyl adjacent to an activating group) is 1. The largest absolute Gasteiger partial charge is 0.416 e. The molecule has 0 spiro atoms. The number of halogens is 3. The van der Waals surface area contributed by atoms with Gasteiger partial charge in [0.05, 0.1) is 41.4 Å². The number of alkyl halides is 3. The quantitative estimate of drug-likeness (QED) is 0.600. The van der Waals surface area contributed by atoms with Crippen molar-refractivity contribution in [1.82, 2.24) is 20.0 Å². The first kappa shape index (κ1) is 22.6. The van der Waals surface area contributed by atoms with Gasteiger partial charge in [0.1, 0.15) is 17.6 Å². The second-order valence-corrected chi connectivity index (χ2v) is 8.07. The Balaban J connectivity index is 1.51. The molecule has 1 aromatic carbocycles. The predicted molar refractivity (Wildman–Crippen MR) is 118 cm³/mol. The third kappa shape index (κ3) is 4.35. The van der Waals surface area contributed by atoms with Gasteiger partial charge < -0.3 is 15.5 Å². The number of rotatable bonds is 5. The van der Waals surface area contributed by atoms with E-state index in [1.165, 1.54) is 16.8 Å². The summed E-state index contributed by atoms with van der Waals surface area (Å²) in [6, 6.07) is 6.33. The van der Waals surface area contributed by atoms with E-state index in [4.69, 9.17) is 0 Å². The van der Waals surface area contributed by atoms with Crippen LogP contribution in [0, 0.1) is 6.92 Å². The molecule has 3 aromatic rings. The van der Waals surface area contributed by atoms with Crippen molar-refractivity contribution in [3.63, 3.8) is 0 Å². The number of nitrogens with one attached hydrogen (secondary N) is 2. The molecule has 33 heavy (non-hydrogen) atoms. The van der Waals surface area contributed by atoms with Gasteiger partial charge in [-0.1, -0.05) is 23.4 Å². The Labute approximate surface area is 188 Å². The zero-order chi connectivity index (χ0) is 23.9. The zero-order valence-electron chi connectivity index (χ0n) is 18.6. The van der Waals surface area contributed by atoms with Crippen molar-refractivity contribution in [2.45, 2.75) is 45.6 Å². The molecule has 0 aliphatic carbocycles. The molecular weight excluding hydrogens is 435 g/mol. The minimum atomic E-state index is -4.45. The van der Waals surface area contributed by atoms with Crippen LogP contribution in [-0.4, -0.2) is 39.0 Å². The van der Waals surface area contributed by atoms with Gasteiger partial charge in [-0.15, -0.1) is 5.10 Å². The molecule has 2 aromatic heterocycles. The van der Waals surface area contributed by atoms with Crippen LogP contribution in [0.5, 0.6) is 0 Å². The maximum atomic E-state index is 13.4. The Morgan fingerprint density at radius 2 is 2.00 bits per heavy atom. The first-order chi connectivity index (χ1) is 15.6. The minimum absolute atomic E-state index is 0.0894. The smallest absolute Gasteiger partial charge is 0.364 e. The van der Waals surface area contributed by atoms with Crippen LogP contribution < -0.4 is 15.5 Å². The number of fused-ring (bicyclic) bond motifs is 1. The van der Waals surface area contributed by atoms with Gasteiger partial charge in [-0.25, -0.2) is 9.67 Å². The number of carbonyl (C=O) groups is 1. The summed E-state index contributed by atoms with van der Waals surface area (Å²) in [5, 5.41) is 14.2. The van der Waals surface area contributed by atoms with E-state index in [2.05, 4.69) is 25.9 Å². The highest BCUT2D eigenvalue weighted by molar-refractivity contribution is 6.04. The fraction of sp³-hybridized carbons (Fsp3) is 0.364. The van der Waals surface area contributed by atoms with Crippen molar-refractivity contribution in [1.29, 1.82) is 0 Å². The third-order valence-corrected chi connectivity index (χ3v) is 5.89. The topological polar surface area (TPSA) is 88.0 Å². The molecule has 1 unspecified atom stereocenters. The summed E-state index contributed by atoms with van der Waals surface area (Å²) in [5.41, 5.74) is 2.18. The molecule has 174 valence electrons. The first-order valence-electron chi connectivity index (χ1n) is 10.4. The Morgan fingerprint density at radius 3 is 2.73 bits per heavy atom. The normalized spacial score (nSPS) is 16.9. The molecule has 0 fully saturated rings. The number of hydrogen-bond donors (Lipinski definition) is 2. The summed E-state index contributed by atoms with van der Waals surface area (Å²) in [6.45, 7) is 5.56. The van der Waals surface area contributed by atoms with Crippen LogP contribution in [0.2, 0.25) is 0 Å². The molecule has 1 aliphatic rings. The van der Waals surface area contributed by atoms with Crippen LogP contribution in [0.4, 0.5) is 30.4 Å². The van der Waals surface area contributed by atoms with E-state index in [1.807, 2.05) is 31.9 Å². The number of aryl methyl sites for hydroxylation is 1. The Morgan fingerprint density at radius 1 is 1.27 bits per heavy atom. The van der Waals surface area contributed by atoms with Crippen molar-refractivity contribution in [3.8, 4) is 0 Å². The molecule has 4 rings (SSSR count). The zero-order valence-corrected chi connectivity index (χ0v) is 18.6. The van der Waals surface area contributed by atoms with Crippen molar-refractivity contribution in [2.24, 2.45) is 0 Å². The average molecular weight is 459 g/mol. The van der Waals surface area contributed by atoms with E-state index in [1.54, 1.807) is 19.2 Å². The second-order valence-electron chi connectivity index (χ2n) is 8.07. The van der Waals surface area contributed by atoms with Crippen LogP contribution in [0.3, 0.4) is 0 Å². The summed E-state index contributed by atoms with van der Waals surface area (Å²) in [4.78, 5) is 18.4. The summed E-state index contributed by atoms with van der Waals surface area (Å²) < 4.78 is 41.5. The van der Waals surface area contributed by atoms with E-state index >= 15 is 0 Å². The first-order valence-corrected chi connectivity index (χ1v) is 10.4. The van der Waals surface area contributed by atoms with Gasteiger partial charge >= 0.3 is 6.18 Å². The van der Waals surface area contributed by atoms with Gasteiger partial charge in [-0.3, -0.25) is 4.79 Å². The predicted octanol–water partition coefficient (Wildman–Crippen LogP) is 4.00. The van der Waals surface area contributed by atoms with Crippen LogP contribution in [0.15, 0.2) is 36.5 Å². The van der Waals surface area contributed by atoms with Crippen LogP contribution in [-0.2, 0) is 17.5 Å². The molecule has 2 N–H and O–H groups in total. The molecule has 0 saturated carbocycles. The number of aromatic nitrogens is 4. The Bertz CT molecular complexity index is 1190. The third-order valence-electron chi connectivity index (χ3n) is 5.89. The summed E-state index contributed by atoms with van der Waals surface area (Å²) in [5.74, 6) is 0.500. The maximum Gasteiger partial charge on any atom is 0.416 e. The summed E-state index contributed by atoms with van der Waals surface area (Å²) in [7, 11) is 1.84. The highest BCUT2D eigenvalue weighted by atomic mass is 19.4. The van der Waals surface area contributed by atoms with E-state index in [-0.39, 0.29) is 24.1 Å². The molecular formula is C22H24F3N7O. The van der Waals surface area contributed by atoms with Crippen molar-refractivity contribution >= 4 is 23.1 Å². The van der Waals surface area contributed by atoms with Gasteiger partial charge in [-0.2, -0.15) is 13.2 Å². The number of carbonyl (C=O) groups excluding carboxylic acids is 1. The second kappa shape index (κ2) is 8.38. The number of hydrogen-bond acceptors (Lipinski definition) is 6. The lowest BCUT2D eigenvalue weighted by Gasteiger charge is -2.34. The summed E-state index contributed by atoms with van der Waals surface area (Å²) in [6.07, 6.45) is -2.83. The molecule has 2 atom stereocenters.